The first-order chi connectivity index (χ1) is 7.31. The van der Waals surface area contributed by atoms with Gasteiger partial charge in [0.15, 0.2) is 0 Å². The summed E-state index contributed by atoms with van der Waals surface area (Å²) in [4.78, 5) is 4.29. The lowest BCUT2D eigenvalue weighted by molar-refractivity contribution is 1.19. The van der Waals surface area contributed by atoms with Crippen molar-refractivity contribution in [3.05, 3.63) is 53.3 Å². The third-order valence-corrected chi connectivity index (χ3v) is 3.01. The van der Waals surface area contributed by atoms with Crippen LogP contribution in [0.3, 0.4) is 0 Å². The molecule has 2 rings (SSSR count). The largest absolute Gasteiger partial charge is 0.258 e. The molecule has 0 radical (unpaired) electrons. The second-order valence-electron chi connectivity index (χ2n) is 3.15. The first-order valence-corrected chi connectivity index (χ1v) is 6.07. The summed E-state index contributed by atoms with van der Waals surface area (Å²) in [6, 6.07) is 12.0. The fraction of sp³-hybridized carbons (Fsp3) is 0.0833. The maximum atomic E-state index is 6.09. The number of hydrogen-bond donors (Lipinski definition) is 0. The Bertz CT molecular complexity index is 456. The summed E-state index contributed by atoms with van der Waals surface area (Å²) in [5.41, 5.74) is 3.05. The highest BCUT2D eigenvalue weighted by Crippen LogP contribution is 2.24. The zero-order valence-electron chi connectivity index (χ0n) is 7.95. The molecule has 1 heterocycles. The topological polar surface area (TPSA) is 12.9 Å². The highest BCUT2D eigenvalue weighted by Gasteiger charge is 2.03. The Morgan fingerprint density at radius 2 is 1.87 bits per heavy atom. The average molecular weight is 283 g/mol. The van der Waals surface area contributed by atoms with Crippen LogP contribution in [0.5, 0.6) is 0 Å². The molecule has 0 aliphatic heterocycles. The fourth-order valence-corrected chi connectivity index (χ4v) is 2.19. The van der Waals surface area contributed by atoms with Gasteiger partial charge in [-0.3, -0.25) is 4.98 Å². The van der Waals surface area contributed by atoms with Gasteiger partial charge in [-0.2, -0.15) is 0 Å². The number of pyridine rings is 1. The fourth-order valence-electron chi connectivity index (χ4n) is 1.35. The first-order valence-electron chi connectivity index (χ1n) is 4.57. The standard InChI is InChI=1S/C12H9BrClN/c13-7-12-11(14)6-10(8-15-12)9-4-2-1-3-5-9/h1-6,8H,7H2. The zero-order valence-corrected chi connectivity index (χ0v) is 10.3. The van der Waals surface area contributed by atoms with Gasteiger partial charge >= 0.3 is 0 Å². The lowest BCUT2D eigenvalue weighted by atomic mass is 10.1. The van der Waals surface area contributed by atoms with Gasteiger partial charge in [-0.05, 0) is 11.6 Å². The predicted octanol–water partition coefficient (Wildman–Crippen LogP) is 4.30. The zero-order chi connectivity index (χ0) is 10.7. The smallest absolute Gasteiger partial charge is 0.0695 e. The van der Waals surface area contributed by atoms with Gasteiger partial charge in [0.25, 0.3) is 0 Å². The summed E-state index contributed by atoms with van der Waals surface area (Å²) in [5.74, 6) is 0. The Morgan fingerprint density at radius 1 is 1.13 bits per heavy atom. The van der Waals surface area contributed by atoms with E-state index in [4.69, 9.17) is 11.6 Å². The van der Waals surface area contributed by atoms with Crippen molar-refractivity contribution in [2.24, 2.45) is 0 Å². The van der Waals surface area contributed by atoms with Crippen molar-refractivity contribution in [2.45, 2.75) is 5.33 Å². The van der Waals surface area contributed by atoms with E-state index in [-0.39, 0.29) is 0 Å². The van der Waals surface area contributed by atoms with Crippen LogP contribution in [0.25, 0.3) is 11.1 Å². The second-order valence-corrected chi connectivity index (χ2v) is 4.12. The monoisotopic (exact) mass is 281 g/mol. The normalized spacial score (nSPS) is 10.3. The van der Waals surface area contributed by atoms with E-state index in [1.54, 1.807) is 0 Å². The third kappa shape index (κ3) is 2.39. The van der Waals surface area contributed by atoms with Crippen molar-refractivity contribution in [3.63, 3.8) is 0 Å². The van der Waals surface area contributed by atoms with Gasteiger partial charge in [0.05, 0.1) is 10.7 Å². The third-order valence-electron chi connectivity index (χ3n) is 2.15. The Hall–Kier alpha value is -0.860. The van der Waals surface area contributed by atoms with E-state index in [2.05, 4.69) is 20.9 Å². The number of alkyl halides is 1. The molecule has 0 aliphatic carbocycles. The molecule has 0 atom stereocenters. The maximum absolute atomic E-state index is 6.09. The molecule has 0 saturated heterocycles. The molecule has 1 nitrogen and oxygen atoms in total. The number of halogens is 2. The van der Waals surface area contributed by atoms with Crippen LogP contribution in [0.4, 0.5) is 0 Å². The van der Waals surface area contributed by atoms with Crippen molar-refractivity contribution in [3.8, 4) is 11.1 Å². The van der Waals surface area contributed by atoms with Crippen LogP contribution in [0.15, 0.2) is 42.6 Å². The average Bonchev–Trinajstić information content (AvgIpc) is 2.30. The van der Waals surface area contributed by atoms with Crippen LogP contribution in [0.1, 0.15) is 5.69 Å². The molecular formula is C12H9BrClN. The molecule has 15 heavy (non-hydrogen) atoms. The van der Waals surface area contributed by atoms with Gasteiger partial charge in [-0.1, -0.05) is 57.9 Å². The van der Waals surface area contributed by atoms with Crippen LogP contribution in [0, 0.1) is 0 Å². The van der Waals surface area contributed by atoms with Crippen LogP contribution in [-0.4, -0.2) is 4.98 Å². The van der Waals surface area contributed by atoms with Crippen LogP contribution < -0.4 is 0 Å². The minimum absolute atomic E-state index is 0.681. The summed E-state index contributed by atoms with van der Waals surface area (Å²) in [6.45, 7) is 0. The Balaban J connectivity index is 2.43. The number of hydrogen-bond acceptors (Lipinski definition) is 1. The van der Waals surface area contributed by atoms with E-state index in [9.17, 15) is 0 Å². The summed E-state index contributed by atoms with van der Waals surface area (Å²) in [5, 5.41) is 1.38. The van der Waals surface area contributed by atoms with Crippen LogP contribution >= 0.6 is 27.5 Å². The summed E-state index contributed by atoms with van der Waals surface area (Å²) in [7, 11) is 0. The number of aromatic nitrogens is 1. The highest BCUT2D eigenvalue weighted by atomic mass is 79.9. The molecule has 3 heteroatoms. The van der Waals surface area contributed by atoms with E-state index in [1.807, 2.05) is 42.6 Å². The number of nitrogens with zero attached hydrogens (tertiary/aromatic N) is 1. The summed E-state index contributed by atoms with van der Waals surface area (Å²) >= 11 is 9.43. The second kappa shape index (κ2) is 4.77. The lowest BCUT2D eigenvalue weighted by Gasteiger charge is -2.04. The Labute approximate surface area is 102 Å². The van der Waals surface area contributed by atoms with Gasteiger partial charge in [0.2, 0.25) is 0 Å². The first kappa shape index (κ1) is 10.7. The van der Waals surface area contributed by atoms with E-state index in [1.165, 1.54) is 0 Å². The van der Waals surface area contributed by atoms with E-state index in [0.29, 0.717) is 10.4 Å². The predicted molar refractivity (Wildman–Crippen MR) is 67.3 cm³/mol. The van der Waals surface area contributed by atoms with Crippen LogP contribution in [-0.2, 0) is 5.33 Å². The van der Waals surface area contributed by atoms with E-state index >= 15 is 0 Å². The van der Waals surface area contributed by atoms with Crippen molar-refractivity contribution < 1.29 is 0 Å². The quantitative estimate of drug-likeness (QED) is 0.749. The van der Waals surface area contributed by atoms with Gasteiger partial charge < -0.3 is 0 Å². The minimum Gasteiger partial charge on any atom is -0.258 e. The number of rotatable bonds is 2. The van der Waals surface area contributed by atoms with Crippen LogP contribution in [0.2, 0.25) is 5.02 Å². The Morgan fingerprint density at radius 3 is 2.47 bits per heavy atom. The van der Waals surface area contributed by atoms with Crippen molar-refractivity contribution in [1.29, 1.82) is 0 Å². The SMILES string of the molecule is Clc1cc(-c2ccccc2)cnc1CBr. The molecule has 2 aromatic rings. The molecule has 0 fully saturated rings. The van der Waals surface area contributed by atoms with Gasteiger partial charge in [-0.15, -0.1) is 0 Å². The van der Waals surface area contributed by atoms with Gasteiger partial charge in [-0.25, -0.2) is 0 Å². The maximum Gasteiger partial charge on any atom is 0.0695 e. The van der Waals surface area contributed by atoms with E-state index in [0.717, 1.165) is 16.8 Å². The van der Waals surface area contributed by atoms with Gasteiger partial charge in [0.1, 0.15) is 0 Å². The molecule has 0 amide bonds. The van der Waals surface area contributed by atoms with Gasteiger partial charge in [0, 0.05) is 17.1 Å². The lowest BCUT2D eigenvalue weighted by Crippen LogP contribution is -1.87. The molecular weight excluding hydrogens is 273 g/mol. The molecule has 0 aliphatic rings. The molecule has 0 N–H and O–H groups in total. The van der Waals surface area contributed by atoms with Crippen molar-refractivity contribution in [2.75, 3.05) is 0 Å². The molecule has 0 bridgehead atoms. The molecule has 1 aromatic heterocycles. The molecule has 0 saturated carbocycles. The highest BCUT2D eigenvalue weighted by molar-refractivity contribution is 9.08. The molecule has 0 spiro atoms. The van der Waals surface area contributed by atoms with Crippen molar-refractivity contribution in [1.82, 2.24) is 4.98 Å². The molecule has 1 aromatic carbocycles. The molecule has 0 unspecified atom stereocenters. The van der Waals surface area contributed by atoms with E-state index < -0.39 is 0 Å². The minimum atomic E-state index is 0.681. The summed E-state index contributed by atoms with van der Waals surface area (Å²) < 4.78 is 0. The Kier molecular flexibility index (Phi) is 3.39. The summed E-state index contributed by atoms with van der Waals surface area (Å²) in [6.07, 6.45) is 1.85. The number of benzene rings is 1. The molecule has 76 valence electrons. The van der Waals surface area contributed by atoms with Crippen molar-refractivity contribution >= 4 is 27.5 Å².